The van der Waals surface area contributed by atoms with E-state index in [1.165, 1.54) is 19.4 Å². The van der Waals surface area contributed by atoms with E-state index in [2.05, 4.69) is 9.72 Å². The Hall–Kier alpha value is -1.29. The number of nitrogens with zero attached hydrogens (tertiary/aromatic N) is 1. The van der Waals surface area contributed by atoms with Crippen molar-refractivity contribution in [2.75, 3.05) is 13.7 Å². The first-order valence-corrected chi connectivity index (χ1v) is 4.44. The lowest BCUT2D eigenvalue weighted by molar-refractivity contribution is 0.0600. The number of methoxy groups -OCH3 is 1. The number of esters is 1. The van der Waals surface area contributed by atoms with E-state index in [0.29, 0.717) is 6.61 Å². The highest BCUT2D eigenvalue weighted by atomic mass is 35.5. The standard InChI is InChI=1S/C9H10ClNO3/c1-3-14-8-7(10)6(4-5-11-8)9(12)13-2/h4-5H,3H2,1-2H3. The quantitative estimate of drug-likeness (QED) is 0.723. The smallest absolute Gasteiger partial charge is 0.339 e. The molecular formula is C9H10ClNO3. The largest absolute Gasteiger partial charge is 0.477 e. The van der Waals surface area contributed by atoms with Crippen molar-refractivity contribution in [3.05, 3.63) is 22.8 Å². The van der Waals surface area contributed by atoms with Crippen LogP contribution in [0.15, 0.2) is 12.3 Å². The number of carbonyl (C=O) groups excluding carboxylic acids is 1. The Bertz CT molecular complexity index is 341. The van der Waals surface area contributed by atoms with Crippen LogP contribution in [0.25, 0.3) is 0 Å². The summed E-state index contributed by atoms with van der Waals surface area (Å²) in [6.07, 6.45) is 1.45. The minimum atomic E-state index is -0.502. The summed E-state index contributed by atoms with van der Waals surface area (Å²) in [5, 5.41) is 0.182. The lowest BCUT2D eigenvalue weighted by Crippen LogP contribution is -2.04. The average Bonchev–Trinajstić information content (AvgIpc) is 2.20. The Morgan fingerprint density at radius 1 is 1.64 bits per heavy atom. The summed E-state index contributed by atoms with van der Waals surface area (Å²) >= 11 is 5.87. The molecule has 5 heteroatoms. The van der Waals surface area contributed by atoms with Gasteiger partial charge in [0.1, 0.15) is 5.02 Å². The van der Waals surface area contributed by atoms with Gasteiger partial charge in [0.15, 0.2) is 0 Å². The van der Waals surface area contributed by atoms with E-state index in [0.717, 1.165) is 0 Å². The van der Waals surface area contributed by atoms with Crippen molar-refractivity contribution >= 4 is 17.6 Å². The maximum atomic E-state index is 11.2. The molecule has 76 valence electrons. The van der Waals surface area contributed by atoms with Crippen molar-refractivity contribution in [1.29, 1.82) is 0 Å². The van der Waals surface area contributed by atoms with Crippen LogP contribution in [-0.4, -0.2) is 24.7 Å². The van der Waals surface area contributed by atoms with Gasteiger partial charge in [-0.05, 0) is 13.0 Å². The molecule has 0 radical (unpaired) electrons. The zero-order chi connectivity index (χ0) is 10.6. The van der Waals surface area contributed by atoms with Crippen LogP contribution < -0.4 is 4.74 Å². The number of carbonyl (C=O) groups is 1. The summed E-state index contributed by atoms with van der Waals surface area (Å²) in [6.45, 7) is 2.25. The van der Waals surface area contributed by atoms with Crippen LogP contribution >= 0.6 is 11.6 Å². The zero-order valence-electron chi connectivity index (χ0n) is 7.91. The Kier molecular flexibility index (Phi) is 3.71. The van der Waals surface area contributed by atoms with Crippen LogP contribution in [0.5, 0.6) is 5.88 Å². The number of aromatic nitrogens is 1. The second-order valence-electron chi connectivity index (χ2n) is 2.40. The first-order valence-electron chi connectivity index (χ1n) is 4.06. The minimum absolute atomic E-state index is 0.182. The molecule has 0 saturated heterocycles. The van der Waals surface area contributed by atoms with E-state index in [4.69, 9.17) is 16.3 Å². The molecule has 1 rings (SSSR count). The normalized spacial score (nSPS) is 9.64. The van der Waals surface area contributed by atoms with Gasteiger partial charge in [0.2, 0.25) is 5.88 Å². The highest BCUT2D eigenvalue weighted by molar-refractivity contribution is 6.34. The Balaban J connectivity index is 3.07. The molecule has 14 heavy (non-hydrogen) atoms. The summed E-state index contributed by atoms with van der Waals surface area (Å²) in [5.41, 5.74) is 0.257. The fourth-order valence-electron chi connectivity index (χ4n) is 0.929. The monoisotopic (exact) mass is 215 g/mol. The van der Waals surface area contributed by atoms with Gasteiger partial charge in [-0.2, -0.15) is 0 Å². The van der Waals surface area contributed by atoms with Crippen LogP contribution in [0.4, 0.5) is 0 Å². The van der Waals surface area contributed by atoms with E-state index in [1.807, 2.05) is 6.92 Å². The van der Waals surface area contributed by atoms with Gasteiger partial charge < -0.3 is 9.47 Å². The molecule has 0 spiro atoms. The minimum Gasteiger partial charge on any atom is -0.477 e. The SMILES string of the molecule is CCOc1nccc(C(=O)OC)c1Cl. The summed E-state index contributed by atoms with van der Waals surface area (Å²) in [5.74, 6) is -0.254. The number of halogens is 1. The second kappa shape index (κ2) is 4.81. The number of pyridine rings is 1. The van der Waals surface area contributed by atoms with Gasteiger partial charge in [-0.25, -0.2) is 9.78 Å². The first-order chi connectivity index (χ1) is 6.70. The predicted octanol–water partition coefficient (Wildman–Crippen LogP) is 1.92. The maximum absolute atomic E-state index is 11.2. The molecule has 0 aliphatic carbocycles. The molecule has 1 aromatic heterocycles. The van der Waals surface area contributed by atoms with Crippen molar-refractivity contribution in [2.24, 2.45) is 0 Å². The molecule has 0 fully saturated rings. The molecule has 0 N–H and O–H groups in total. The molecule has 0 unspecified atom stereocenters. The average molecular weight is 216 g/mol. The van der Waals surface area contributed by atoms with Crippen molar-refractivity contribution in [3.8, 4) is 5.88 Å². The van der Waals surface area contributed by atoms with Crippen molar-refractivity contribution < 1.29 is 14.3 Å². The van der Waals surface area contributed by atoms with Gasteiger partial charge in [-0.3, -0.25) is 0 Å². The molecule has 4 nitrogen and oxygen atoms in total. The van der Waals surface area contributed by atoms with Crippen molar-refractivity contribution in [3.63, 3.8) is 0 Å². The van der Waals surface area contributed by atoms with Gasteiger partial charge in [0, 0.05) is 6.20 Å². The highest BCUT2D eigenvalue weighted by Crippen LogP contribution is 2.25. The van der Waals surface area contributed by atoms with Gasteiger partial charge in [-0.15, -0.1) is 0 Å². The van der Waals surface area contributed by atoms with E-state index in [1.54, 1.807) is 0 Å². The Labute approximate surface area is 86.8 Å². The Morgan fingerprint density at radius 2 is 2.36 bits per heavy atom. The topological polar surface area (TPSA) is 48.4 Å². The second-order valence-corrected chi connectivity index (χ2v) is 2.78. The summed E-state index contributed by atoms with van der Waals surface area (Å²) in [4.78, 5) is 15.1. The third-order valence-electron chi connectivity index (χ3n) is 1.54. The molecule has 0 saturated carbocycles. The summed E-state index contributed by atoms with van der Waals surface area (Å²) in [7, 11) is 1.29. The van der Waals surface area contributed by atoms with Crippen LogP contribution in [0.1, 0.15) is 17.3 Å². The van der Waals surface area contributed by atoms with E-state index >= 15 is 0 Å². The molecule has 0 aromatic carbocycles. The van der Waals surface area contributed by atoms with Crippen LogP contribution in [0.3, 0.4) is 0 Å². The third kappa shape index (κ3) is 2.14. The van der Waals surface area contributed by atoms with Crippen molar-refractivity contribution in [2.45, 2.75) is 6.92 Å². The van der Waals surface area contributed by atoms with Crippen LogP contribution in [-0.2, 0) is 4.74 Å². The number of rotatable bonds is 3. The molecule has 1 heterocycles. The first kappa shape index (κ1) is 10.8. The highest BCUT2D eigenvalue weighted by Gasteiger charge is 2.15. The lowest BCUT2D eigenvalue weighted by Gasteiger charge is -2.06. The molecule has 0 bridgehead atoms. The van der Waals surface area contributed by atoms with Gasteiger partial charge in [0.25, 0.3) is 0 Å². The number of hydrogen-bond acceptors (Lipinski definition) is 4. The molecule has 0 amide bonds. The maximum Gasteiger partial charge on any atom is 0.339 e. The molecular weight excluding hydrogens is 206 g/mol. The molecule has 0 atom stereocenters. The Morgan fingerprint density at radius 3 is 2.93 bits per heavy atom. The molecule has 0 aliphatic heterocycles. The molecule has 1 aromatic rings. The zero-order valence-corrected chi connectivity index (χ0v) is 8.67. The fourth-order valence-corrected chi connectivity index (χ4v) is 1.17. The van der Waals surface area contributed by atoms with Gasteiger partial charge in [0.05, 0.1) is 19.3 Å². The number of hydrogen-bond donors (Lipinski definition) is 0. The number of ether oxygens (including phenoxy) is 2. The lowest BCUT2D eigenvalue weighted by atomic mass is 10.3. The fraction of sp³-hybridized carbons (Fsp3) is 0.333. The van der Waals surface area contributed by atoms with Crippen molar-refractivity contribution in [1.82, 2.24) is 4.98 Å². The van der Waals surface area contributed by atoms with Crippen LogP contribution in [0.2, 0.25) is 5.02 Å². The molecule has 0 aliphatic rings. The van der Waals surface area contributed by atoms with E-state index < -0.39 is 5.97 Å². The van der Waals surface area contributed by atoms with Gasteiger partial charge in [-0.1, -0.05) is 11.6 Å². The summed E-state index contributed by atoms with van der Waals surface area (Å²) < 4.78 is 9.66. The summed E-state index contributed by atoms with van der Waals surface area (Å²) in [6, 6.07) is 1.48. The van der Waals surface area contributed by atoms with Gasteiger partial charge >= 0.3 is 5.97 Å². The van der Waals surface area contributed by atoms with Crippen LogP contribution in [0, 0.1) is 0 Å². The van der Waals surface area contributed by atoms with E-state index in [9.17, 15) is 4.79 Å². The predicted molar refractivity (Wildman–Crippen MR) is 51.8 cm³/mol. The van der Waals surface area contributed by atoms with E-state index in [-0.39, 0.29) is 16.5 Å². The third-order valence-corrected chi connectivity index (χ3v) is 1.91.